The predicted molar refractivity (Wildman–Crippen MR) is 135 cm³/mol. The summed E-state index contributed by atoms with van der Waals surface area (Å²) in [6, 6.07) is 11.2. The fraction of sp³-hybridized carbons (Fsp3) is 0.348. The van der Waals surface area contributed by atoms with Gasteiger partial charge in [0.1, 0.15) is 10.8 Å². The van der Waals surface area contributed by atoms with Crippen molar-refractivity contribution in [1.82, 2.24) is 4.31 Å². The largest absolute Gasteiger partial charge is 0.444 e. The van der Waals surface area contributed by atoms with Crippen LogP contribution in [0.3, 0.4) is 0 Å². The van der Waals surface area contributed by atoms with Crippen LogP contribution in [0.2, 0.25) is 5.02 Å². The van der Waals surface area contributed by atoms with Gasteiger partial charge in [-0.05, 0) is 66.6 Å². The molecule has 2 aliphatic heterocycles. The lowest BCUT2D eigenvalue weighted by atomic mass is 10.0. The Kier molecular flexibility index (Phi) is 6.20. The molecular formula is C23H22BrClN2O4S2. The molecule has 33 heavy (non-hydrogen) atoms. The minimum Gasteiger partial charge on any atom is -0.444 e. The first-order valence-corrected chi connectivity index (χ1v) is 14.2. The van der Waals surface area contributed by atoms with E-state index in [-0.39, 0.29) is 18.7 Å². The number of piperidine rings is 1. The number of hydrogen-bond acceptors (Lipinski definition) is 5. The summed E-state index contributed by atoms with van der Waals surface area (Å²) in [6.45, 7) is 2.90. The summed E-state index contributed by atoms with van der Waals surface area (Å²) in [4.78, 5) is 14.3. The molecule has 174 valence electrons. The van der Waals surface area contributed by atoms with Crippen LogP contribution < -0.4 is 4.90 Å². The average Bonchev–Trinajstić information content (AvgIpc) is 3.18. The second-order valence-corrected chi connectivity index (χ2v) is 12.7. The van der Waals surface area contributed by atoms with Gasteiger partial charge in [-0.15, -0.1) is 11.3 Å². The number of aryl methyl sites for hydroxylation is 1. The standard InChI is InChI=1S/C23H22BrClN2O4S2/c1-2-18-19-12-16(25)4-6-21(19)32-22(18)33(29,30)26-9-7-17(8-10-26)27-20-5-3-15(24)11-14(20)13-31-23(27)28/h3-6,11-12,17H,2,7-10,13H2,1H3. The number of hydrogen-bond donors (Lipinski definition) is 0. The van der Waals surface area contributed by atoms with E-state index >= 15 is 0 Å². The van der Waals surface area contributed by atoms with Crippen LogP contribution in [0.15, 0.2) is 45.1 Å². The molecule has 0 unspecified atom stereocenters. The molecule has 1 aromatic heterocycles. The number of carbonyl (C=O) groups is 1. The van der Waals surface area contributed by atoms with E-state index in [1.54, 1.807) is 15.3 Å². The van der Waals surface area contributed by atoms with Crippen LogP contribution in [0.25, 0.3) is 10.1 Å². The Hall–Kier alpha value is -1.65. The van der Waals surface area contributed by atoms with E-state index in [2.05, 4.69) is 15.9 Å². The topological polar surface area (TPSA) is 66.9 Å². The number of nitrogens with zero attached hydrogens (tertiary/aromatic N) is 2. The first kappa shape index (κ1) is 23.1. The maximum absolute atomic E-state index is 13.6. The number of rotatable bonds is 4. The van der Waals surface area contributed by atoms with Crippen molar-refractivity contribution in [1.29, 1.82) is 0 Å². The molecule has 10 heteroatoms. The van der Waals surface area contributed by atoms with Crippen molar-refractivity contribution in [2.45, 2.75) is 43.0 Å². The molecule has 1 fully saturated rings. The fourth-order valence-corrected chi connectivity index (χ4v) is 8.74. The quantitative estimate of drug-likeness (QED) is 0.376. The summed E-state index contributed by atoms with van der Waals surface area (Å²) in [6.07, 6.45) is 1.32. The number of fused-ring (bicyclic) bond motifs is 2. The van der Waals surface area contributed by atoms with Crippen LogP contribution in [0.5, 0.6) is 0 Å². The van der Waals surface area contributed by atoms with Gasteiger partial charge in [-0.3, -0.25) is 4.90 Å². The number of sulfonamides is 1. The van der Waals surface area contributed by atoms with Gasteiger partial charge in [-0.25, -0.2) is 13.2 Å². The highest BCUT2D eigenvalue weighted by Crippen LogP contribution is 2.39. The molecule has 0 saturated carbocycles. The summed E-state index contributed by atoms with van der Waals surface area (Å²) in [7, 11) is -3.65. The minimum absolute atomic E-state index is 0.115. The molecule has 2 aliphatic rings. The first-order chi connectivity index (χ1) is 15.8. The highest BCUT2D eigenvalue weighted by molar-refractivity contribution is 9.10. The van der Waals surface area contributed by atoms with Crippen LogP contribution >= 0.6 is 38.9 Å². The number of ether oxygens (including phenoxy) is 1. The van der Waals surface area contributed by atoms with E-state index in [0.29, 0.717) is 41.6 Å². The van der Waals surface area contributed by atoms with Crippen molar-refractivity contribution in [2.24, 2.45) is 0 Å². The lowest BCUT2D eigenvalue weighted by molar-refractivity contribution is 0.135. The second-order valence-electron chi connectivity index (χ2n) is 8.19. The van der Waals surface area contributed by atoms with Gasteiger partial charge in [0.25, 0.3) is 10.0 Å². The van der Waals surface area contributed by atoms with Crippen LogP contribution in [0.1, 0.15) is 30.9 Å². The summed E-state index contributed by atoms with van der Waals surface area (Å²) in [5, 5.41) is 1.50. The van der Waals surface area contributed by atoms with Crippen LogP contribution in [-0.4, -0.2) is 37.9 Å². The Bertz CT molecular complexity index is 1350. The van der Waals surface area contributed by atoms with Crippen molar-refractivity contribution in [3.05, 3.63) is 57.0 Å². The molecule has 3 heterocycles. The highest BCUT2D eigenvalue weighted by Gasteiger charge is 2.38. The second kappa shape index (κ2) is 8.85. The fourth-order valence-electron chi connectivity index (χ4n) is 4.66. The molecule has 2 aromatic carbocycles. The summed E-state index contributed by atoms with van der Waals surface area (Å²) in [5.74, 6) is 0. The minimum atomic E-state index is -3.65. The van der Waals surface area contributed by atoms with Gasteiger partial charge in [0, 0.05) is 38.9 Å². The molecule has 1 amide bonds. The smallest absolute Gasteiger partial charge is 0.414 e. The Labute approximate surface area is 210 Å². The van der Waals surface area contributed by atoms with Gasteiger partial charge in [0.15, 0.2) is 0 Å². The van der Waals surface area contributed by atoms with Gasteiger partial charge in [-0.1, -0.05) is 34.5 Å². The Balaban J connectivity index is 1.40. The summed E-state index contributed by atoms with van der Waals surface area (Å²) in [5.41, 5.74) is 2.60. The Morgan fingerprint density at radius 3 is 2.67 bits per heavy atom. The van der Waals surface area contributed by atoms with E-state index < -0.39 is 10.0 Å². The SMILES string of the molecule is CCc1c(S(=O)(=O)N2CCC(N3C(=O)OCc4cc(Br)ccc43)CC2)sc2ccc(Cl)cc12. The molecule has 0 radical (unpaired) electrons. The zero-order chi connectivity index (χ0) is 23.3. The van der Waals surface area contributed by atoms with Crippen LogP contribution in [0.4, 0.5) is 10.5 Å². The molecule has 0 spiro atoms. The van der Waals surface area contributed by atoms with Crippen LogP contribution in [-0.2, 0) is 27.8 Å². The van der Waals surface area contributed by atoms with Crippen molar-refractivity contribution in [2.75, 3.05) is 18.0 Å². The number of benzene rings is 2. The predicted octanol–water partition coefficient (Wildman–Crippen LogP) is 6.19. The zero-order valence-corrected chi connectivity index (χ0v) is 21.9. The van der Waals surface area contributed by atoms with Gasteiger partial charge >= 0.3 is 6.09 Å². The van der Waals surface area contributed by atoms with Gasteiger partial charge in [0.05, 0.1) is 5.69 Å². The molecule has 5 rings (SSSR count). The molecule has 6 nitrogen and oxygen atoms in total. The molecule has 0 aliphatic carbocycles. The number of cyclic esters (lactones) is 1. The number of carbonyl (C=O) groups excluding carboxylic acids is 1. The first-order valence-electron chi connectivity index (χ1n) is 10.7. The summed E-state index contributed by atoms with van der Waals surface area (Å²) < 4.78 is 36.4. The molecule has 0 atom stereocenters. The van der Waals surface area contributed by atoms with E-state index in [9.17, 15) is 13.2 Å². The lowest BCUT2D eigenvalue weighted by Gasteiger charge is -2.39. The number of thiophene rings is 1. The van der Waals surface area contributed by atoms with E-state index in [0.717, 1.165) is 31.4 Å². The average molecular weight is 570 g/mol. The normalized spacial score (nSPS) is 17.9. The van der Waals surface area contributed by atoms with E-state index in [4.69, 9.17) is 16.3 Å². The van der Waals surface area contributed by atoms with Crippen molar-refractivity contribution in [3.8, 4) is 0 Å². The maximum Gasteiger partial charge on any atom is 0.414 e. The lowest BCUT2D eigenvalue weighted by Crippen LogP contribution is -2.50. The third-order valence-electron chi connectivity index (χ3n) is 6.28. The van der Waals surface area contributed by atoms with Gasteiger partial charge in [0.2, 0.25) is 0 Å². The number of anilines is 1. The highest BCUT2D eigenvalue weighted by atomic mass is 79.9. The van der Waals surface area contributed by atoms with Crippen molar-refractivity contribution in [3.63, 3.8) is 0 Å². The van der Waals surface area contributed by atoms with Crippen molar-refractivity contribution >= 4 is 70.8 Å². The van der Waals surface area contributed by atoms with Gasteiger partial charge in [-0.2, -0.15) is 4.31 Å². The molecular weight excluding hydrogens is 548 g/mol. The third kappa shape index (κ3) is 4.08. The molecule has 1 saturated heterocycles. The van der Waals surface area contributed by atoms with E-state index in [1.165, 1.54) is 11.3 Å². The number of halogens is 2. The molecule has 0 bridgehead atoms. The van der Waals surface area contributed by atoms with Gasteiger partial charge < -0.3 is 4.74 Å². The van der Waals surface area contributed by atoms with Crippen LogP contribution in [0, 0.1) is 0 Å². The monoisotopic (exact) mass is 568 g/mol. The molecule has 0 N–H and O–H groups in total. The maximum atomic E-state index is 13.6. The summed E-state index contributed by atoms with van der Waals surface area (Å²) >= 11 is 10.9. The Morgan fingerprint density at radius 2 is 1.94 bits per heavy atom. The molecule has 3 aromatic rings. The van der Waals surface area contributed by atoms with E-state index in [1.807, 2.05) is 37.3 Å². The number of amides is 1. The van der Waals surface area contributed by atoms with Crippen molar-refractivity contribution < 1.29 is 17.9 Å². The third-order valence-corrected chi connectivity index (χ3v) is 10.7. The zero-order valence-electron chi connectivity index (χ0n) is 17.9. The Morgan fingerprint density at radius 1 is 1.18 bits per heavy atom.